The Morgan fingerprint density at radius 2 is 2.35 bits per heavy atom. The minimum atomic E-state index is -0.461. The maximum Gasteiger partial charge on any atom is 0.326 e. The van der Waals surface area contributed by atoms with E-state index in [-0.39, 0.29) is 18.0 Å². The largest absolute Gasteiger partial charge is 0.465 e. The number of benzene rings is 1. The topological polar surface area (TPSA) is 70.1 Å². The van der Waals surface area contributed by atoms with Gasteiger partial charge in [0.05, 0.1) is 12.1 Å². The van der Waals surface area contributed by atoms with Crippen molar-refractivity contribution in [1.29, 1.82) is 0 Å². The summed E-state index contributed by atoms with van der Waals surface area (Å²) >= 11 is 0. The number of halogens is 1. The normalized spacial score (nSPS) is 10.7. The molecule has 0 saturated carbocycles. The standard InChI is InChI=1S/C11H12FN3O2/c1-2-17-9(16)6-15-8-5-3-4-7(12)10(8)14-11(15)13/h3-5H,2,6H2,1H3,(H2,13,14). The number of imidazole rings is 1. The smallest absolute Gasteiger partial charge is 0.326 e. The van der Waals surface area contributed by atoms with Crippen molar-refractivity contribution >= 4 is 23.0 Å². The lowest BCUT2D eigenvalue weighted by atomic mass is 10.3. The predicted molar refractivity (Wildman–Crippen MR) is 60.7 cm³/mol. The summed E-state index contributed by atoms with van der Waals surface area (Å²) in [5, 5.41) is 0. The van der Waals surface area contributed by atoms with Crippen molar-refractivity contribution in [2.75, 3.05) is 12.3 Å². The monoisotopic (exact) mass is 237 g/mol. The fraction of sp³-hybridized carbons (Fsp3) is 0.273. The van der Waals surface area contributed by atoms with Crippen LogP contribution in [0.5, 0.6) is 0 Å². The molecule has 0 amide bonds. The van der Waals surface area contributed by atoms with E-state index >= 15 is 0 Å². The van der Waals surface area contributed by atoms with Gasteiger partial charge in [0.1, 0.15) is 12.1 Å². The molecule has 0 unspecified atom stereocenters. The number of nitrogens with two attached hydrogens (primary N) is 1. The molecule has 0 aliphatic rings. The van der Waals surface area contributed by atoms with Crippen LogP contribution in [0.25, 0.3) is 11.0 Å². The van der Waals surface area contributed by atoms with Gasteiger partial charge in [0, 0.05) is 0 Å². The van der Waals surface area contributed by atoms with Gasteiger partial charge < -0.3 is 10.5 Å². The molecule has 0 aliphatic carbocycles. The number of ether oxygens (including phenoxy) is 1. The summed E-state index contributed by atoms with van der Waals surface area (Å²) in [6, 6.07) is 4.49. The van der Waals surface area contributed by atoms with E-state index in [1.807, 2.05) is 0 Å². The molecule has 0 radical (unpaired) electrons. The number of fused-ring (bicyclic) bond motifs is 1. The number of hydrogen-bond acceptors (Lipinski definition) is 4. The lowest BCUT2D eigenvalue weighted by molar-refractivity contribution is -0.143. The molecule has 0 bridgehead atoms. The molecule has 90 valence electrons. The SMILES string of the molecule is CCOC(=O)Cn1c(N)nc2c(F)cccc21. The number of rotatable bonds is 3. The van der Waals surface area contributed by atoms with Gasteiger partial charge in [-0.05, 0) is 19.1 Å². The highest BCUT2D eigenvalue weighted by molar-refractivity contribution is 5.81. The van der Waals surface area contributed by atoms with E-state index in [2.05, 4.69) is 4.98 Å². The van der Waals surface area contributed by atoms with Gasteiger partial charge in [-0.25, -0.2) is 9.37 Å². The van der Waals surface area contributed by atoms with Crippen molar-refractivity contribution in [1.82, 2.24) is 9.55 Å². The third-order valence-electron chi connectivity index (χ3n) is 2.35. The first-order valence-electron chi connectivity index (χ1n) is 5.19. The van der Waals surface area contributed by atoms with Gasteiger partial charge in [0.25, 0.3) is 0 Å². The molecule has 1 aromatic carbocycles. The summed E-state index contributed by atoms with van der Waals surface area (Å²) in [4.78, 5) is 15.3. The minimum Gasteiger partial charge on any atom is -0.465 e. The van der Waals surface area contributed by atoms with E-state index in [0.717, 1.165) is 0 Å². The van der Waals surface area contributed by atoms with Gasteiger partial charge in [-0.15, -0.1) is 0 Å². The molecule has 1 heterocycles. The predicted octanol–water partition coefficient (Wildman–Crippen LogP) is 1.32. The Labute approximate surface area is 97.0 Å². The molecule has 0 saturated heterocycles. The van der Waals surface area contributed by atoms with Crippen LogP contribution in [0.3, 0.4) is 0 Å². The van der Waals surface area contributed by atoms with Crippen LogP contribution in [0, 0.1) is 5.82 Å². The van der Waals surface area contributed by atoms with Crippen molar-refractivity contribution < 1.29 is 13.9 Å². The van der Waals surface area contributed by atoms with Crippen LogP contribution >= 0.6 is 0 Å². The summed E-state index contributed by atoms with van der Waals surface area (Å²) in [6.07, 6.45) is 0. The van der Waals surface area contributed by atoms with Gasteiger partial charge in [-0.1, -0.05) is 6.07 Å². The zero-order chi connectivity index (χ0) is 12.4. The number of carbonyl (C=O) groups is 1. The van der Waals surface area contributed by atoms with Gasteiger partial charge in [-0.3, -0.25) is 9.36 Å². The Morgan fingerprint density at radius 1 is 1.59 bits per heavy atom. The molecule has 2 N–H and O–H groups in total. The molecule has 2 rings (SSSR count). The van der Waals surface area contributed by atoms with Crippen LogP contribution in [0.2, 0.25) is 0 Å². The Balaban J connectivity index is 2.43. The van der Waals surface area contributed by atoms with Crippen molar-refractivity contribution in [2.24, 2.45) is 0 Å². The average molecular weight is 237 g/mol. The minimum absolute atomic E-state index is 0.0698. The Hall–Kier alpha value is -2.11. The van der Waals surface area contributed by atoms with Crippen molar-refractivity contribution in [3.63, 3.8) is 0 Å². The molecule has 0 spiro atoms. The Kier molecular flexibility index (Phi) is 2.95. The van der Waals surface area contributed by atoms with E-state index < -0.39 is 11.8 Å². The van der Waals surface area contributed by atoms with E-state index in [9.17, 15) is 9.18 Å². The van der Waals surface area contributed by atoms with Gasteiger partial charge in [0.2, 0.25) is 5.95 Å². The number of hydrogen-bond donors (Lipinski definition) is 1. The van der Waals surface area contributed by atoms with Crippen LogP contribution in [-0.2, 0) is 16.1 Å². The van der Waals surface area contributed by atoms with Crippen molar-refractivity contribution in [3.8, 4) is 0 Å². The third-order valence-corrected chi connectivity index (χ3v) is 2.35. The summed E-state index contributed by atoms with van der Waals surface area (Å²) in [5.41, 5.74) is 6.29. The molecule has 5 nitrogen and oxygen atoms in total. The van der Waals surface area contributed by atoms with E-state index in [0.29, 0.717) is 12.1 Å². The van der Waals surface area contributed by atoms with Crippen LogP contribution in [0.1, 0.15) is 6.92 Å². The number of anilines is 1. The van der Waals surface area contributed by atoms with Crippen molar-refractivity contribution in [3.05, 3.63) is 24.0 Å². The molecule has 0 atom stereocenters. The zero-order valence-electron chi connectivity index (χ0n) is 9.31. The second-order valence-electron chi connectivity index (χ2n) is 3.47. The fourth-order valence-electron chi connectivity index (χ4n) is 1.63. The molecular formula is C11H12FN3O2. The number of esters is 1. The third kappa shape index (κ3) is 2.06. The summed E-state index contributed by atoms with van der Waals surface area (Å²) in [5.74, 6) is -0.794. The molecular weight excluding hydrogens is 225 g/mol. The second kappa shape index (κ2) is 4.40. The van der Waals surface area contributed by atoms with Crippen molar-refractivity contribution in [2.45, 2.75) is 13.5 Å². The van der Waals surface area contributed by atoms with E-state index in [1.54, 1.807) is 19.1 Å². The zero-order valence-corrected chi connectivity index (χ0v) is 9.31. The van der Waals surface area contributed by atoms with E-state index in [1.165, 1.54) is 10.6 Å². The maximum absolute atomic E-state index is 13.4. The quantitative estimate of drug-likeness (QED) is 0.817. The number of aromatic nitrogens is 2. The number of para-hydroxylation sites is 1. The van der Waals surface area contributed by atoms with Gasteiger partial charge in [-0.2, -0.15) is 0 Å². The molecule has 1 aromatic heterocycles. The molecule has 2 aromatic rings. The van der Waals surface area contributed by atoms with Gasteiger partial charge in [0.15, 0.2) is 5.82 Å². The number of nitrogens with zero attached hydrogens (tertiary/aromatic N) is 2. The molecule has 0 fully saturated rings. The number of nitrogen functional groups attached to an aromatic ring is 1. The van der Waals surface area contributed by atoms with Crippen LogP contribution < -0.4 is 5.73 Å². The average Bonchev–Trinajstić information content (AvgIpc) is 2.58. The Morgan fingerprint density at radius 3 is 3.06 bits per heavy atom. The Bertz CT molecular complexity index is 565. The maximum atomic E-state index is 13.4. The highest BCUT2D eigenvalue weighted by Gasteiger charge is 2.14. The van der Waals surface area contributed by atoms with Crippen LogP contribution in [0.4, 0.5) is 10.3 Å². The first kappa shape index (κ1) is 11.4. The number of carbonyl (C=O) groups excluding carboxylic acids is 1. The first-order chi connectivity index (χ1) is 8.13. The van der Waals surface area contributed by atoms with E-state index in [4.69, 9.17) is 10.5 Å². The van der Waals surface area contributed by atoms with Gasteiger partial charge >= 0.3 is 5.97 Å². The summed E-state index contributed by atoms with van der Waals surface area (Å²) in [6.45, 7) is 1.94. The highest BCUT2D eigenvalue weighted by atomic mass is 19.1. The first-order valence-corrected chi connectivity index (χ1v) is 5.19. The van der Waals surface area contributed by atoms with Crippen LogP contribution in [0.15, 0.2) is 18.2 Å². The molecule has 0 aliphatic heterocycles. The lowest BCUT2D eigenvalue weighted by Gasteiger charge is -2.05. The summed E-state index contributed by atoms with van der Waals surface area (Å²) < 4.78 is 19.7. The highest BCUT2D eigenvalue weighted by Crippen LogP contribution is 2.20. The second-order valence-corrected chi connectivity index (χ2v) is 3.47. The van der Waals surface area contributed by atoms with Crippen LogP contribution in [-0.4, -0.2) is 22.1 Å². The molecule has 6 heteroatoms. The summed E-state index contributed by atoms with van der Waals surface area (Å²) in [7, 11) is 0. The lowest BCUT2D eigenvalue weighted by Crippen LogP contribution is -2.15. The molecule has 17 heavy (non-hydrogen) atoms. The fourth-order valence-corrected chi connectivity index (χ4v) is 1.63.